The standard InChI is InChI=1S/C15H24N4O/c1-12(19-8-2-3-9-19)10-17-11-13-4-6-14(7-5-13)15(16)18-20/h4-7,12,17,20H,2-3,8-11H2,1H3,(H2,16,18). The van der Waals surface area contributed by atoms with Gasteiger partial charge in [-0.25, -0.2) is 0 Å². The molecule has 1 fully saturated rings. The lowest BCUT2D eigenvalue weighted by Gasteiger charge is -2.24. The Morgan fingerprint density at radius 2 is 2.00 bits per heavy atom. The van der Waals surface area contributed by atoms with Gasteiger partial charge in [0.2, 0.25) is 0 Å². The predicted octanol–water partition coefficient (Wildman–Crippen LogP) is 1.35. The van der Waals surface area contributed by atoms with E-state index in [0.29, 0.717) is 6.04 Å². The van der Waals surface area contributed by atoms with Crippen molar-refractivity contribution in [2.75, 3.05) is 19.6 Å². The third-order valence-corrected chi connectivity index (χ3v) is 3.89. The Labute approximate surface area is 120 Å². The van der Waals surface area contributed by atoms with Crippen LogP contribution in [-0.4, -0.2) is 41.6 Å². The first-order valence-electron chi connectivity index (χ1n) is 7.22. The first kappa shape index (κ1) is 14.8. The molecular formula is C15H24N4O. The molecule has 1 saturated heterocycles. The molecule has 1 atom stereocenters. The minimum absolute atomic E-state index is 0.146. The van der Waals surface area contributed by atoms with Crippen LogP contribution in [0.5, 0.6) is 0 Å². The van der Waals surface area contributed by atoms with E-state index in [9.17, 15) is 0 Å². The highest BCUT2D eigenvalue weighted by Gasteiger charge is 2.17. The van der Waals surface area contributed by atoms with Crippen molar-refractivity contribution >= 4 is 5.84 Å². The molecule has 4 N–H and O–H groups in total. The summed E-state index contributed by atoms with van der Waals surface area (Å²) in [4.78, 5) is 2.54. The molecule has 0 saturated carbocycles. The van der Waals surface area contributed by atoms with Gasteiger partial charge in [-0.05, 0) is 38.4 Å². The molecule has 0 bridgehead atoms. The van der Waals surface area contributed by atoms with Crippen LogP contribution >= 0.6 is 0 Å². The van der Waals surface area contributed by atoms with E-state index in [1.165, 1.54) is 31.5 Å². The first-order valence-corrected chi connectivity index (χ1v) is 7.22. The summed E-state index contributed by atoms with van der Waals surface area (Å²) in [5.74, 6) is 0.146. The number of rotatable bonds is 6. The van der Waals surface area contributed by atoms with E-state index >= 15 is 0 Å². The minimum Gasteiger partial charge on any atom is -0.409 e. The summed E-state index contributed by atoms with van der Waals surface area (Å²) in [5.41, 5.74) is 7.47. The molecule has 2 rings (SSSR count). The zero-order valence-electron chi connectivity index (χ0n) is 12.0. The van der Waals surface area contributed by atoms with Gasteiger partial charge in [0.1, 0.15) is 0 Å². The summed E-state index contributed by atoms with van der Waals surface area (Å²) in [7, 11) is 0. The van der Waals surface area contributed by atoms with E-state index in [4.69, 9.17) is 10.9 Å². The number of nitrogens with one attached hydrogen (secondary N) is 1. The summed E-state index contributed by atoms with van der Waals surface area (Å²) in [5, 5.41) is 15.1. The lowest BCUT2D eigenvalue weighted by atomic mass is 10.1. The van der Waals surface area contributed by atoms with Crippen molar-refractivity contribution in [3.8, 4) is 0 Å². The molecule has 1 unspecified atom stereocenters. The van der Waals surface area contributed by atoms with Gasteiger partial charge in [0.25, 0.3) is 0 Å². The third kappa shape index (κ3) is 3.95. The van der Waals surface area contributed by atoms with E-state index in [2.05, 4.69) is 22.3 Å². The van der Waals surface area contributed by atoms with Crippen LogP contribution in [0.2, 0.25) is 0 Å². The Morgan fingerprint density at radius 3 is 2.60 bits per heavy atom. The maximum absolute atomic E-state index is 8.61. The van der Waals surface area contributed by atoms with Gasteiger partial charge in [0, 0.05) is 24.7 Å². The maximum Gasteiger partial charge on any atom is 0.170 e. The monoisotopic (exact) mass is 276 g/mol. The summed E-state index contributed by atoms with van der Waals surface area (Å²) in [6.07, 6.45) is 2.67. The van der Waals surface area contributed by atoms with Gasteiger partial charge >= 0.3 is 0 Å². The minimum atomic E-state index is 0.146. The van der Waals surface area contributed by atoms with Gasteiger partial charge in [-0.3, -0.25) is 4.90 Å². The second-order valence-corrected chi connectivity index (χ2v) is 5.41. The van der Waals surface area contributed by atoms with Crippen LogP contribution in [0, 0.1) is 0 Å². The van der Waals surface area contributed by atoms with Crippen LogP contribution in [0.1, 0.15) is 30.9 Å². The number of hydrogen-bond acceptors (Lipinski definition) is 4. The van der Waals surface area contributed by atoms with Gasteiger partial charge in [0.05, 0.1) is 0 Å². The molecule has 1 aliphatic rings. The molecule has 0 radical (unpaired) electrons. The van der Waals surface area contributed by atoms with E-state index in [1.807, 2.05) is 24.3 Å². The number of nitrogens with zero attached hydrogens (tertiary/aromatic N) is 2. The topological polar surface area (TPSA) is 73.9 Å². The lowest BCUT2D eigenvalue weighted by Crippen LogP contribution is -2.38. The Morgan fingerprint density at radius 1 is 1.35 bits per heavy atom. The van der Waals surface area contributed by atoms with Crippen molar-refractivity contribution in [3.63, 3.8) is 0 Å². The lowest BCUT2D eigenvalue weighted by molar-refractivity contribution is 0.251. The average molecular weight is 276 g/mol. The Hall–Kier alpha value is -1.59. The van der Waals surface area contributed by atoms with Crippen LogP contribution in [0.15, 0.2) is 29.4 Å². The molecule has 110 valence electrons. The number of hydrogen-bond donors (Lipinski definition) is 3. The molecule has 0 aliphatic carbocycles. The average Bonchev–Trinajstić information content (AvgIpc) is 3.01. The van der Waals surface area contributed by atoms with Crippen molar-refractivity contribution in [3.05, 3.63) is 35.4 Å². The van der Waals surface area contributed by atoms with E-state index < -0.39 is 0 Å². The highest BCUT2D eigenvalue weighted by atomic mass is 16.4. The van der Waals surface area contributed by atoms with Crippen molar-refractivity contribution in [1.82, 2.24) is 10.2 Å². The van der Waals surface area contributed by atoms with Crippen LogP contribution < -0.4 is 11.1 Å². The Kier molecular flexibility index (Phi) is 5.38. The van der Waals surface area contributed by atoms with Crippen LogP contribution in [0.4, 0.5) is 0 Å². The van der Waals surface area contributed by atoms with E-state index in [0.717, 1.165) is 18.7 Å². The Balaban J connectivity index is 1.76. The quantitative estimate of drug-likeness (QED) is 0.317. The first-order chi connectivity index (χ1) is 9.70. The van der Waals surface area contributed by atoms with Crippen molar-refractivity contribution in [2.24, 2.45) is 10.9 Å². The van der Waals surface area contributed by atoms with Crippen molar-refractivity contribution < 1.29 is 5.21 Å². The SMILES string of the molecule is CC(CNCc1ccc(/C(N)=N/O)cc1)N1CCCC1. The summed E-state index contributed by atoms with van der Waals surface area (Å²) in [6, 6.07) is 8.34. The zero-order chi connectivity index (χ0) is 14.4. The fourth-order valence-electron chi connectivity index (χ4n) is 2.59. The largest absolute Gasteiger partial charge is 0.409 e. The second-order valence-electron chi connectivity index (χ2n) is 5.41. The zero-order valence-corrected chi connectivity index (χ0v) is 12.0. The molecular weight excluding hydrogens is 252 g/mol. The molecule has 1 aromatic rings. The number of nitrogens with two attached hydrogens (primary N) is 1. The fourth-order valence-corrected chi connectivity index (χ4v) is 2.59. The number of oxime groups is 1. The van der Waals surface area contributed by atoms with Crippen LogP contribution in [0.3, 0.4) is 0 Å². The highest BCUT2D eigenvalue weighted by Crippen LogP contribution is 2.11. The van der Waals surface area contributed by atoms with Crippen molar-refractivity contribution in [1.29, 1.82) is 0 Å². The molecule has 0 amide bonds. The van der Waals surface area contributed by atoms with E-state index in [-0.39, 0.29) is 5.84 Å². The molecule has 5 nitrogen and oxygen atoms in total. The van der Waals surface area contributed by atoms with Crippen LogP contribution in [0.25, 0.3) is 0 Å². The van der Waals surface area contributed by atoms with Gasteiger partial charge in [0.15, 0.2) is 5.84 Å². The molecule has 0 aromatic heterocycles. The number of likely N-dealkylation sites (tertiary alicyclic amines) is 1. The second kappa shape index (κ2) is 7.26. The van der Waals surface area contributed by atoms with Gasteiger partial charge in [-0.2, -0.15) is 0 Å². The number of benzene rings is 1. The van der Waals surface area contributed by atoms with Gasteiger partial charge in [-0.1, -0.05) is 29.4 Å². The molecule has 1 aliphatic heterocycles. The molecule has 1 heterocycles. The molecule has 0 spiro atoms. The smallest absolute Gasteiger partial charge is 0.170 e. The number of amidine groups is 1. The summed E-state index contributed by atoms with van der Waals surface area (Å²) in [6.45, 7) is 6.59. The predicted molar refractivity (Wildman–Crippen MR) is 80.9 cm³/mol. The van der Waals surface area contributed by atoms with Crippen molar-refractivity contribution in [2.45, 2.75) is 32.4 Å². The normalized spacial score (nSPS) is 18.4. The van der Waals surface area contributed by atoms with Crippen LogP contribution in [-0.2, 0) is 6.54 Å². The fraction of sp³-hybridized carbons (Fsp3) is 0.533. The third-order valence-electron chi connectivity index (χ3n) is 3.89. The van der Waals surface area contributed by atoms with Gasteiger partial charge in [-0.15, -0.1) is 0 Å². The maximum atomic E-state index is 8.61. The molecule has 1 aromatic carbocycles. The molecule has 5 heteroatoms. The molecule has 20 heavy (non-hydrogen) atoms. The Bertz CT molecular complexity index is 438. The van der Waals surface area contributed by atoms with Gasteiger partial charge < -0.3 is 16.3 Å². The highest BCUT2D eigenvalue weighted by molar-refractivity contribution is 5.96. The summed E-state index contributed by atoms with van der Waals surface area (Å²) >= 11 is 0. The summed E-state index contributed by atoms with van der Waals surface area (Å²) < 4.78 is 0. The van der Waals surface area contributed by atoms with E-state index in [1.54, 1.807) is 0 Å².